The van der Waals surface area contributed by atoms with E-state index in [1.807, 2.05) is 12.1 Å². The molecule has 0 spiro atoms. The van der Waals surface area contributed by atoms with Crippen molar-refractivity contribution in [3.05, 3.63) is 107 Å². The monoisotopic (exact) mass is 344 g/mol. The van der Waals surface area contributed by atoms with E-state index in [-0.39, 0.29) is 0 Å². The summed E-state index contributed by atoms with van der Waals surface area (Å²) in [5.74, 6) is -0.871. The van der Waals surface area contributed by atoms with Gasteiger partial charge in [0.05, 0.1) is 5.56 Å². The molecule has 2 heteroatoms. The number of carboxylic acids is 1. The fourth-order valence-corrected chi connectivity index (χ4v) is 3.27. The van der Waals surface area contributed by atoms with Crippen LogP contribution in [0.1, 0.15) is 39.0 Å². The number of rotatable bonds is 8. The molecule has 0 bridgehead atoms. The predicted octanol–water partition coefficient (Wildman–Crippen LogP) is 5.35. The van der Waals surface area contributed by atoms with Crippen LogP contribution in [0, 0.1) is 0 Å². The van der Waals surface area contributed by atoms with Crippen LogP contribution in [0.5, 0.6) is 0 Å². The lowest BCUT2D eigenvalue weighted by atomic mass is 9.95. The molecule has 2 nitrogen and oxygen atoms in total. The van der Waals surface area contributed by atoms with Crippen molar-refractivity contribution in [2.45, 2.75) is 32.1 Å². The Morgan fingerprint density at radius 1 is 0.615 bits per heavy atom. The number of aryl methyl sites for hydroxylation is 4. The zero-order chi connectivity index (χ0) is 18.2. The van der Waals surface area contributed by atoms with E-state index in [2.05, 4.69) is 54.6 Å². The molecule has 3 aromatic carbocycles. The zero-order valence-corrected chi connectivity index (χ0v) is 14.9. The number of carbonyl (C=O) groups is 1. The van der Waals surface area contributed by atoms with Crippen molar-refractivity contribution in [1.29, 1.82) is 0 Å². The Morgan fingerprint density at radius 2 is 1.19 bits per heavy atom. The molecule has 0 aromatic heterocycles. The summed E-state index contributed by atoms with van der Waals surface area (Å²) in [5, 5.41) is 8.96. The predicted molar refractivity (Wildman–Crippen MR) is 106 cm³/mol. The molecule has 0 heterocycles. The minimum absolute atomic E-state index is 0.347. The van der Waals surface area contributed by atoms with Gasteiger partial charge in [0.15, 0.2) is 0 Å². The van der Waals surface area contributed by atoms with Crippen LogP contribution >= 0.6 is 0 Å². The molecule has 0 aliphatic rings. The molecule has 26 heavy (non-hydrogen) atoms. The molecule has 0 atom stereocenters. The molecule has 0 amide bonds. The Balaban J connectivity index is 1.55. The second-order valence-electron chi connectivity index (χ2n) is 6.61. The first-order chi connectivity index (χ1) is 12.7. The highest BCUT2D eigenvalue weighted by Gasteiger charge is 2.05. The van der Waals surface area contributed by atoms with Crippen LogP contribution in [0.4, 0.5) is 0 Å². The molecular weight excluding hydrogens is 320 g/mol. The van der Waals surface area contributed by atoms with Crippen molar-refractivity contribution >= 4 is 5.97 Å². The van der Waals surface area contributed by atoms with Crippen molar-refractivity contribution in [3.8, 4) is 0 Å². The molecule has 0 aliphatic carbocycles. The molecule has 0 saturated carbocycles. The number of hydrogen-bond donors (Lipinski definition) is 1. The van der Waals surface area contributed by atoms with E-state index < -0.39 is 5.97 Å². The van der Waals surface area contributed by atoms with Crippen molar-refractivity contribution in [2.75, 3.05) is 0 Å². The van der Waals surface area contributed by atoms with E-state index in [0.29, 0.717) is 5.56 Å². The SMILES string of the molecule is O=C(O)c1ccc(CCCc2ccccc2CCc2ccccc2)cc1. The van der Waals surface area contributed by atoms with E-state index >= 15 is 0 Å². The van der Waals surface area contributed by atoms with Gasteiger partial charge in [0.2, 0.25) is 0 Å². The van der Waals surface area contributed by atoms with Gasteiger partial charge in [-0.3, -0.25) is 0 Å². The van der Waals surface area contributed by atoms with Gasteiger partial charge in [-0.25, -0.2) is 4.79 Å². The van der Waals surface area contributed by atoms with Crippen molar-refractivity contribution in [2.24, 2.45) is 0 Å². The number of hydrogen-bond acceptors (Lipinski definition) is 1. The first kappa shape index (κ1) is 17.9. The van der Waals surface area contributed by atoms with E-state index in [1.165, 1.54) is 22.3 Å². The van der Waals surface area contributed by atoms with Crippen LogP contribution in [0.3, 0.4) is 0 Å². The van der Waals surface area contributed by atoms with E-state index in [0.717, 1.165) is 32.1 Å². The second-order valence-corrected chi connectivity index (χ2v) is 6.61. The molecule has 3 aromatic rings. The van der Waals surface area contributed by atoms with Gasteiger partial charge in [0, 0.05) is 0 Å². The maximum atomic E-state index is 10.9. The first-order valence-corrected chi connectivity index (χ1v) is 9.15. The van der Waals surface area contributed by atoms with Gasteiger partial charge in [-0.15, -0.1) is 0 Å². The topological polar surface area (TPSA) is 37.3 Å². The largest absolute Gasteiger partial charge is 0.478 e. The van der Waals surface area contributed by atoms with Crippen LogP contribution in [-0.2, 0) is 25.7 Å². The van der Waals surface area contributed by atoms with Crippen molar-refractivity contribution in [3.63, 3.8) is 0 Å². The second kappa shape index (κ2) is 9.00. The summed E-state index contributed by atoms with van der Waals surface area (Å²) < 4.78 is 0. The summed E-state index contributed by atoms with van der Waals surface area (Å²) in [4.78, 5) is 10.9. The molecule has 0 radical (unpaired) electrons. The fourth-order valence-electron chi connectivity index (χ4n) is 3.27. The average Bonchev–Trinajstić information content (AvgIpc) is 2.68. The van der Waals surface area contributed by atoms with Crippen LogP contribution in [0.25, 0.3) is 0 Å². The molecule has 1 N–H and O–H groups in total. The lowest BCUT2D eigenvalue weighted by Gasteiger charge is -2.10. The third-order valence-electron chi connectivity index (χ3n) is 4.76. The van der Waals surface area contributed by atoms with Gasteiger partial charge < -0.3 is 5.11 Å². The Hall–Kier alpha value is -2.87. The maximum Gasteiger partial charge on any atom is 0.335 e. The van der Waals surface area contributed by atoms with Gasteiger partial charge in [0.25, 0.3) is 0 Å². The molecule has 3 rings (SSSR count). The number of benzene rings is 3. The van der Waals surface area contributed by atoms with Crippen molar-refractivity contribution < 1.29 is 9.90 Å². The minimum Gasteiger partial charge on any atom is -0.478 e. The minimum atomic E-state index is -0.871. The van der Waals surface area contributed by atoms with Gasteiger partial charge in [-0.1, -0.05) is 66.7 Å². The maximum absolute atomic E-state index is 10.9. The van der Waals surface area contributed by atoms with Gasteiger partial charge in [0.1, 0.15) is 0 Å². The zero-order valence-electron chi connectivity index (χ0n) is 14.9. The summed E-state index contributed by atoms with van der Waals surface area (Å²) in [6.45, 7) is 0. The third-order valence-corrected chi connectivity index (χ3v) is 4.76. The van der Waals surface area contributed by atoms with E-state index in [9.17, 15) is 4.79 Å². The average molecular weight is 344 g/mol. The summed E-state index contributed by atoms with van der Waals surface area (Å²) in [6.07, 6.45) is 5.20. The molecule has 0 unspecified atom stereocenters. The highest BCUT2D eigenvalue weighted by molar-refractivity contribution is 5.87. The standard InChI is InChI=1S/C24H24O2/c25-24(26)23-17-14-20(15-18-23)9-6-12-21-10-4-5-11-22(21)16-13-19-7-2-1-3-8-19/h1-5,7-8,10-11,14-15,17-18H,6,9,12-13,16H2,(H,25,26). The summed E-state index contributed by atoms with van der Waals surface area (Å²) in [5.41, 5.74) is 5.76. The van der Waals surface area contributed by atoms with Crippen LogP contribution in [-0.4, -0.2) is 11.1 Å². The van der Waals surface area contributed by atoms with Crippen LogP contribution in [0.15, 0.2) is 78.9 Å². The lowest BCUT2D eigenvalue weighted by Crippen LogP contribution is -1.99. The molecule has 132 valence electrons. The van der Waals surface area contributed by atoms with Gasteiger partial charge in [-0.05, 0) is 66.5 Å². The summed E-state index contributed by atoms with van der Waals surface area (Å²) in [6, 6.07) is 26.5. The van der Waals surface area contributed by atoms with E-state index in [4.69, 9.17) is 5.11 Å². The van der Waals surface area contributed by atoms with Crippen LogP contribution in [0.2, 0.25) is 0 Å². The Morgan fingerprint density at radius 3 is 1.85 bits per heavy atom. The quantitative estimate of drug-likeness (QED) is 0.598. The van der Waals surface area contributed by atoms with Crippen LogP contribution < -0.4 is 0 Å². The Bertz CT molecular complexity index is 836. The molecular formula is C24H24O2. The molecule has 0 fully saturated rings. The fraction of sp³-hybridized carbons (Fsp3) is 0.208. The van der Waals surface area contributed by atoms with E-state index in [1.54, 1.807) is 12.1 Å². The summed E-state index contributed by atoms with van der Waals surface area (Å²) in [7, 11) is 0. The summed E-state index contributed by atoms with van der Waals surface area (Å²) >= 11 is 0. The Labute approximate surface area is 155 Å². The highest BCUT2D eigenvalue weighted by Crippen LogP contribution is 2.16. The number of aromatic carboxylic acids is 1. The lowest BCUT2D eigenvalue weighted by molar-refractivity contribution is 0.0697. The van der Waals surface area contributed by atoms with Gasteiger partial charge in [-0.2, -0.15) is 0 Å². The molecule has 0 aliphatic heterocycles. The highest BCUT2D eigenvalue weighted by atomic mass is 16.4. The first-order valence-electron chi connectivity index (χ1n) is 9.15. The third kappa shape index (κ3) is 5.06. The molecule has 0 saturated heterocycles. The normalized spacial score (nSPS) is 10.6. The van der Waals surface area contributed by atoms with Gasteiger partial charge >= 0.3 is 5.97 Å². The van der Waals surface area contributed by atoms with Crippen molar-refractivity contribution in [1.82, 2.24) is 0 Å². The number of carboxylic acid groups (broad SMARTS) is 1. The smallest absolute Gasteiger partial charge is 0.335 e. The Kier molecular flexibility index (Phi) is 6.21.